The summed E-state index contributed by atoms with van der Waals surface area (Å²) in [4.78, 5) is 7.62. The highest BCUT2D eigenvalue weighted by Gasteiger charge is 1.99. The Kier molecular flexibility index (Phi) is 3.48. The Morgan fingerprint density at radius 2 is 1.76 bits per heavy atom. The van der Waals surface area contributed by atoms with Gasteiger partial charge in [-0.25, -0.2) is 4.98 Å². The Bertz CT molecular complexity index is 615. The molecule has 2 rings (SSSR count). The summed E-state index contributed by atoms with van der Waals surface area (Å²) in [6.07, 6.45) is 1.48. The first-order valence-electron chi connectivity index (χ1n) is 4.71. The van der Waals surface area contributed by atoms with E-state index in [9.17, 15) is 0 Å². The largest absolute Gasteiger partial charge is 0.383 e. The lowest BCUT2D eigenvalue weighted by Crippen LogP contribution is -1.96. The van der Waals surface area contributed by atoms with E-state index in [0.29, 0.717) is 10.6 Å². The first-order valence-corrected chi connectivity index (χ1v) is 5.47. The third-order valence-electron chi connectivity index (χ3n) is 1.99. The number of benzene rings is 1. The maximum atomic E-state index is 5.97. The normalized spacial score (nSPS) is 9.53. The Labute approximate surface area is 109 Å². The van der Waals surface area contributed by atoms with E-state index in [0.717, 1.165) is 5.56 Å². The quantitative estimate of drug-likeness (QED) is 0.588. The molecule has 0 saturated carbocycles. The van der Waals surface area contributed by atoms with Crippen LogP contribution in [0.3, 0.4) is 0 Å². The fourth-order valence-electron chi connectivity index (χ4n) is 1.17. The highest BCUT2D eigenvalue weighted by molar-refractivity contribution is 6.31. The third kappa shape index (κ3) is 2.88. The molecule has 0 aliphatic heterocycles. The van der Waals surface area contributed by atoms with Crippen molar-refractivity contribution in [1.82, 2.24) is 9.97 Å². The molecule has 0 saturated heterocycles. The van der Waals surface area contributed by atoms with Crippen molar-refractivity contribution in [2.75, 3.05) is 5.73 Å². The summed E-state index contributed by atoms with van der Waals surface area (Å²) in [5, 5.41) is 0.694. The van der Waals surface area contributed by atoms with Gasteiger partial charge in [-0.2, -0.15) is 4.98 Å². The van der Waals surface area contributed by atoms with E-state index >= 15 is 0 Å². The minimum Gasteiger partial charge on any atom is -0.383 e. The first-order chi connectivity index (χ1) is 8.16. The number of nitrogens with zero attached hydrogens (tertiary/aromatic N) is 2. The van der Waals surface area contributed by atoms with Gasteiger partial charge in [-0.1, -0.05) is 35.6 Å². The van der Waals surface area contributed by atoms with Crippen LogP contribution in [-0.4, -0.2) is 9.97 Å². The molecule has 0 unspecified atom stereocenters. The van der Waals surface area contributed by atoms with Crippen LogP contribution < -0.4 is 5.73 Å². The van der Waals surface area contributed by atoms with Crippen molar-refractivity contribution >= 4 is 29.0 Å². The van der Waals surface area contributed by atoms with Gasteiger partial charge in [0.05, 0.1) is 10.6 Å². The van der Waals surface area contributed by atoms with Gasteiger partial charge in [0.1, 0.15) is 5.82 Å². The number of nitrogens with two attached hydrogens (primary N) is 1. The number of rotatable bonds is 0. The van der Waals surface area contributed by atoms with Crippen LogP contribution >= 0.6 is 23.2 Å². The molecule has 1 heterocycles. The Morgan fingerprint density at radius 1 is 1.06 bits per heavy atom. The van der Waals surface area contributed by atoms with Gasteiger partial charge in [0.25, 0.3) is 0 Å². The molecule has 0 spiro atoms. The van der Waals surface area contributed by atoms with Crippen molar-refractivity contribution in [2.24, 2.45) is 0 Å². The molecule has 0 fully saturated rings. The van der Waals surface area contributed by atoms with Crippen molar-refractivity contribution in [3.8, 4) is 11.8 Å². The minimum absolute atomic E-state index is 0.103. The van der Waals surface area contributed by atoms with E-state index in [1.165, 1.54) is 6.20 Å². The molecule has 17 heavy (non-hydrogen) atoms. The fraction of sp³-hybridized carbons (Fsp3) is 0. The van der Waals surface area contributed by atoms with E-state index in [1.54, 1.807) is 6.07 Å². The maximum Gasteiger partial charge on any atom is 0.224 e. The zero-order valence-electron chi connectivity index (χ0n) is 8.61. The summed E-state index contributed by atoms with van der Waals surface area (Å²) >= 11 is 11.6. The van der Waals surface area contributed by atoms with Gasteiger partial charge in [0.2, 0.25) is 5.28 Å². The summed E-state index contributed by atoms with van der Waals surface area (Å²) in [5.41, 5.74) is 6.90. The van der Waals surface area contributed by atoms with Gasteiger partial charge in [-0.05, 0) is 23.7 Å². The second-order valence-corrected chi connectivity index (χ2v) is 3.91. The number of nitrogen functional groups attached to an aromatic ring is 1. The van der Waals surface area contributed by atoms with Crippen LogP contribution in [0, 0.1) is 11.8 Å². The van der Waals surface area contributed by atoms with Gasteiger partial charge >= 0.3 is 0 Å². The zero-order chi connectivity index (χ0) is 12.3. The van der Waals surface area contributed by atoms with Crippen molar-refractivity contribution in [3.05, 3.63) is 51.9 Å². The monoisotopic (exact) mass is 263 g/mol. The average Bonchev–Trinajstić information content (AvgIpc) is 2.30. The van der Waals surface area contributed by atoms with Crippen molar-refractivity contribution < 1.29 is 0 Å². The second-order valence-electron chi connectivity index (χ2n) is 3.17. The molecule has 0 radical (unpaired) electrons. The van der Waals surface area contributed by atoms with Gasteiger partial charge < -0.3 is 5.73 Å². The van der Waals surface area contributed by atoms with Crippen molar-refractivity contribution in [3.63, 3.8) is 0 Å². The molecule has 0 aliphatic rings. The smallest absolute Gasteiger partial charge is 0.224 e. The molecular weight excluding hydrogens is 257 g/mol. The lowest BCUT2D eigenvalue weighted by atomic mass is 10.2. The molecule has 5 heteroatoms. The Morgan fingerprint density at radius 3 is 2.47 bits per heavy atom. The van der Waals surface area contributed by atoms with Crippen LogP contribution in [0.2, 0.25) is 10.3 Å². The summed E-state index contributed by atoms with van der Waals surface area (Å²) in [6, 6.07) is 7.29. The SMILES string of the molecule is Nc1nc(Cl)ncc1C#Cc1ccccc1Cl. The van der Waals surface area contributed by atoms with Crippen LogP contribution in [-0.2, 0) is 0 Å². The number of hydrogen-bond acceptors (Lipinski definition) is 3. The Hall–Kier alpha value is -1.76. The van der Waals surface area contributed by atoms with Crippen molar-refractivity contribution in [2.45, 2.75) is 0 Å². The Balaban J connectivity index is 2.37. The molecule has 0 atom stereocenters. The second kappa shape index (κ2) is 5.05. The van der Waals surface area contributed by atoms with Crippen molar-refractivity contribution in [1.29, 1.82) is 0 Å². The van der Waals surface area contributed by atoms with Crippen LogP contribution in [0.15, 0.2) is 30.5 Å². The lowest BCUT2D eigenvalue weighted by molar-refractivity contribution is 1.17. The fourth-order valence-corrected chi connectivity index (χ4v) is 1.49. The topological polar surface area (TPSA) is 51.8 Å². The number of halogens is 2. The van der Waals surface area contributed by atoms with Gasteiger partial charge in [-0.15, -0.1) is 0 Å². The summed E-state index contributed by atoms with van der Waals surface area (Å²) in [6.45, 7) is 0. The van der Waals surface area contributed by atoms with E-state index in [1.807, 2.05) is 18.2 Å². The van der Waals surface area contributed by atoms with Crippen LogP contribution in [0.1, 0.15) is 11.1 Å². The molecule has 0 bridgehead atoms. The van der Waals surface area contributed by atoms with E-state index in [-0.39, 0.29) is 11.1 Å². The molecule has 84 valence electrons. The van der Waals surface area contributed by atoms with E-state index in [4.69, 9.17) is 28.9 Å². The van der Waals surface area contributed by atoms with Gasteiger partial charge in [0.15, 0.2) is 0 Å². The van der Waals surface area contributed by atoms with Crippen LogP contribution in [0.5, 0.6) is 0 Å². The highest BCUT2D eigenvalue weighted by atomic mass is 35.5. The van der Waals surface area contributed by atoms with Crippen LogP contribution in [0.25, 0.3) is 0 Å². The third-order valence-corrected chi connectivity index (χ3v) is 2.51. The molecule has 2 N–H and O–H groups in total. The molecular formula is C12H7Cl2N3. The predicted molar refractivity (Wildman–Crippen MR) is 68.9 cm³/mol. The lowest BCUT2D eigenvalue weighted by Gasteiger charge is -1.96. The maximum absolute atomic E-state index is 5.97. The summed E-state index contributed by atoms with van der Waals surface area (Å²) in [7, 11) is 0. The predicted octanol–water partition coefficient (Wildman–Crippen LogP) is 2.77. The highest BCUT2D eigenvalue weighted by Crippen LogP contribution is 2.14. The van der Waals surface area contributed by atoms with Crippen LogP contribution in [0.4, 0.5) is 5.82 Å². The van der Waals surface area contributed by atoms with E-state index < -0.39 is 0 Å². The first kappa shape index (κ1) is 11.7. The van der Waals surface area contributed by atoms with E-state index in [2.05, 4.69) is 21.8 Å². The molecule has 0 aliphatic carbocycles. The summed E-state index contributed by atoms with van der Waals surface area (Å²) in [5.74, 6) is 6.01. The molecule has 3 nitrogen and oxygen atoms in total. The standard InChI is InChI=1S/C12H7Cl2N3/c13-10-4-2-1-3-8(10)5-6-9-7-16-12(14)17-11(9)15/h1-4,7H,(H2,15,16,17). The number of aromatic nitrogens is 2. The zero-order valence-corrected chi connectivity index (χ0v) is 10.1. The minimum atomic E-state index is 0.103. The molecule has 1 aromatic carbocycles. The number of anilines is 1. The van der Waals surface area contributed by atoms with Gasteiger partial charge in [0, 0.05) is 11.8 Å². The van der Waals surface area contributed by atoms with Gasteiger partial charge in [-0.3, -0.25) is 0 Å². The molecule has 1 aromatic heterocycles. The molecule has 0 amide bonds. The molecule has 2 aromatic rings. The summed E-state index contributed by atoms with van der Waals surface area (Å²) < 4.78 is 0. The number of hydrogen-bond donors (Lipinski definition) is 1. The average molecular weight is 264 g/mol.